The third-order valence-electron chi connectivity index (χ3n) is 6.53. The number of aromatic nitrogens is 3. The fraction of sp³-hybridized carbons (Fsp3) is 0.522. The average molecular weight is 424 g/mol. The van der Waals surface area contributed by atoms with E-state index in [2.05, 4.69) is 62.7 Å². The van der Waals surface area contributed by atoms with E-state index in [0.717, 1.165) is 29.9 Å². The summed E-state index contributed by atoms with van der Waals surface area (Å²) in [5.41, 5.74) is 3.32. The van der Waals surface area contributed by atoms with Gasteiger partial charge in [-0.05, 0) is 37.3 Å². The summed E-state index contributed by atoms with van der Waals surface area (Å²) in [5.74, 6) is 1.50. The minimum atomic E-state index is -0.178. The number of anilines is 2. The molecule has 0 spiro atoms. The largest absolute Gasteiger partial charge is 0.347 e. The smallest absolute Gasteiger partial charge is 0.228 e. The normalized spacial score (nSPS) is 21.5. The lowest BCUT2D eigenvalue weighted by molar-refractivity contribution is -0.112. The quantitative estimate of drug-likeness (QED) is 0.513. The Balaban J connectivity index is 1.33. The molecule has 7 heteroatoms. The van der Waals surface area contributed by atoms with Gasteiger partial charge in [0, 0.05) is 49.1 Å². The lowest BCUT2D eigenvalue weighted by Crippen LogP contribution is -2.24. The first kappa shape index (κ1) is 19.7. The van der Waals surface area contributed by atoms with Crippen LogP contribution in [0.25, 0.3) is 0 Å². The molecule has 0 radical (unpaired) electrons. The summed E-state index contributed by atoms with van der Waals surface area (Å²) in [6.07, 6.45) is 6.63. The zero-order valence-electron chi connectivity index (χ0n) is 18.0. The predicted molar refractivity (Wildman–Crippen MR) is 121 cm³/mol. The standard InChI is InChI=1S/C23H29N5OS/c1-23(2)18-8-4-5-9-19(18)26(3)20(23)14-17(29)15-30-22-25-24-21(27-12-6-7-13-27)28(22)16-10-11-16/h4-5,8-9,14,16H,6-7,10-13,15H2,1-3H3/b20-14-. The number of nitrogens with zero attached hydrogens (tertiary/aromatic N) is 5. The molecule has 2 aromatic rings. The Morgan fingerprint density at radius 3 is 2.63 bits per heavy atom. The van der Waals surface area contributed by atoms with Gasteiger partial charge in [-0.3, -0.25) is 9.36 Å². The van der Waals surface area contributed by atoms with E-state index in [4.69, 9.17) is 0 Å². The molecule has 1 aromatic heterocycles. The van der Waals surface area contributed by atoms with Gasteiger partial charge >= 0.3 is 0 Å². The van der Waals surface area contributed by atoms with Crippen molar-refractivity contribution < 1.29 is 4.79 Å². The Kier molecular flexibility index (Phi) is 4.88. The number of allylic oxidation sites excluding steroid dienone is 2. The number of hydrogen-bond donors (Lipinski definition) is 0. The molecule has 3 heterocycles. The zero-order valence-corrected chi connectivity index (χ0v) is 18.8. The molecule has 2 aliphatic heterocycles. The first-order valence-corrected chi connectivity index (χ1v) is 11.9. The van der Waals surface area contributed by atoms with Crippen LogP contribution in [0.1, 0.15) is 51.1 Å². The lowest BCUT2D eigenvalue weighted by atomic mass is 9.83. The van der Waals surface area contributed by atoms with Crippen LogP contribution in [0, 0.1) is 0 Å². The fourth-order valence-electron chi connectivity index (χ4n) is 4.74. The minimum absolute atomic E-state index is 0.121. The van der Waals surface area contributed by atoms with Gasteiger partial charge in [-0.25, -0.2) is 0 Å². The molecule has 30 heavy (non-hydrogen) atoms. The van der Waals surface area contributed by atoms with Gasteiger partial charge < -0.3 is 9.80 Å². The van der Waals surface area contributed by atoms with Crippen molar-refractivity contribution in [2.45, 2.75) is 56.1 Å². The first-order chi connectivity index (χ1) is 14.5. The molecule has 0 amide bonds. The summed E-state index contributed by atoms with van der Waals surface area (Å²) in [4.78, 5) is 17.4. The van der Waals surface area contributed by atoms with Gasteiger partial charge in [-0.1, -0.05) is 43.8 Å². The molecular formula is C23H29N5OS. The van der Waals surface area contributed by atoms with Crippen LogP contribution in [0.15, 0.2) is 41.2 Å². The second-order valence-electron chi connectivity index (χ2n) is 9.06. The summed E-state index contributed by atoms with van der Waals surface area (Å²) < 4.78 is 2.28. The van der Waals surface area contributed by atoms with E-state index in [1.54, 1.807) is 0 Å². The number of hydrogen-bond acceptors (Lipinski definition) is 6. The average Bonchev–Trinajstić information content (AvgIpc) is 3.19. The summed E-state index contributed by atoms with van der Waals surface area (Å²) in [6, 6.07) is 8.90. The van der Waals surface area contributed by atoms with E-state index in [0.29, 0.717) is 11.8 Å². The van der Waals surface area contributed by atoms with Gasteiger partial charge in [-0.15, -0.1) is 10.2 Å². The van der Waals surface area contributed by atoms with Crippen LogP contribution < -0.4 is 9.80 Å². The van der Waals surface area contributed by atoms with Crippen molar-refractivity contribution in [3.63, 3.8) is 0 Å². The van der Waals surface area contributed by atoms with Crippen LogP contribution in [0.2, 0.25) is 0 Å². The van der Waals surface area contributed by atoms with Crippen LogP contribution in [0.5, 0.6) is 0 Å². The molecule has 1 aromatic carbocycles. The molecule has 0 N–H and O–H groups in total. The van der Waals surface area contributed by atoms with E-state index in [1.807, 2.05) is 13.1 Å². The highest BCUT2D eigenvalue weighted by molar-refractivity contribution is 7.99. The molecule has 0 bridgehead atoms. The Morgan fingerprint density at radius 2 is 1.93 bits per heavy atom. The molecule has 1 aliphatic carbocycles. The SMILES string of the molecule is CN1/C(=C\C(=O)CSc2nnc(N3CCCC3)n2C2CC2)C(C)(C)c2ccccc21. The lowest BCUT2D eigenvalue weighted by Gasteiger charge is -2.23. The van der Waals surface area contributed by atoms with Crippen molar-refractivity contribution >= 4 is 29.2 Å². The molecule has 0 unspecified atom stereocenters. The first-order valence-electron chi connectivity index (χ1n) is 10.9. The Labute approximate surface area is 182 Å². The Hall–Kier alpha value is -2.28. The summed E-state index contributed by atoms with van der Waals surface area (Å²) >= 11 is 1.52. The molecule has 0 atom stereocenters. The number of carbonyl (C=O) groups is 1. The molecule has 158 valence electrons. The molecule has 5 rings (SSSR count). The van der Waals surface area contributed by atoms with Gasteiger partial charge in [0.25, 0.3) is 0 Å². The van der Waals surface area contributed by atoms with Gasteiger partial charge in [0.1, 0.15) is 0 Å². The summed E-state index contributed by atoms with van der Waals surface area (Å²) in [6.45, 7) is 6.49. The molecule has 1 saturated carbocycles. The number of thioether (sulfide) groups is 1. The molecule has 6 nitrogen and oxygen atoms in total. The van der Waals surface area contributed by atoms with Crippen LogP contribution >= 0.6 is 11.8 Å². The van der Waals surface area contributed by atoms with E-state index in [-0.39, 0.29) is 11.2 Å². The van der Waals surface area contributed by atoms with Crippen LogP contribution in [0.4, 0.5) is 11.6 Å². The monoisotopic (exact) mass is 423 g/mol. The number of ketones is 1. The van der Waals surface area contributed by atoms with Crippen LogP contribution in [0.3, 0.4) is 0 Å². The highest BCUT2D eigenvalue weighted by Gasteiger charge is 2.38. The minimum Gasteiger partial charge on any atom is -0.347 e. The predicted octanol–water partition coefficient (Wildman–Crippen LogP) is 4.19. The van der Waals surface area contributed by atoms with Crippen molar-refractivity contribution in [3.8, 4) is 0 Å². The summed E-state index contributed by atoms with van der Waals surface area (Å²) in [5, 5.41) is 9.82. The third-order valence-corrected chi connectivity index (χ3v) is 7.49. The number of likely N-dealkylation sites (N-methyl/N-ethyl adjacent to an activating group) is 1. The van der Waals surface area contributed by atoms with E-state index < -0.39 is 0 Å². The number of fused-ring (bicyclic) bond motifs is 1. The van der Waals surface area contributed by atoms with Crippen molar-refractivity contribution in [3.05, 3.63) is 41.6 Å². The van der Waals surface area contributed by atoms with Gasteiger partial charge in [-0.2, -0.15) is 0 Å². The van der Waals surface area contributed by atoms with E-state index >= 15 is 0 Å². The zero-order chi connectivity index (χ0) is 20.9. The molecule has 3 aliphatic rings. The van der Waals surface area contributed by atoms with E-state index in [1.165, 1.54) is 48.7 Å². The second-order valence-corrected chi connectivity index (χ2v) is 10.0. The Bertz CT molecular complexity index is 1000. The third kappa shape index (κ3) is 3.33. The van der Waals surface area contributed by atoms with Crippen molar-refractivity contribution in [2.24, 2.45) is 0 Å². The number of para-hydroxylation sites is 1. The molecule has 1 saturated heterocycles. The van der Waals surface area contributed by atoms with Crippen molar-refractivity contribution in [1.29, 1.82) is 0 Å². The van der Waals surface area contributed by atoms with Gasteiger partial charge in [0.15, 0.2) is 10.9 Å². The summed E-state index contributed by atoms with van der Waals surface area (Å²) in [7, 11) is 2.05. The van der Waals surface area contributed by atoms with Gasteiger partial charge in [0.2, 0.25) is 5.95 Å². The number of rotatable bonds is 6. The highest BCUT2D eigenvalue weighted by atomic mass is 32.2. The topological polar surface area (TPSA) is 54.3 Å². The van der Waals surface area contributed by atoms with Crippen molar-refractivity contribution in [1.82, 2.24) is 14.8 Å². The second kappa shape index (κ2) is 7.45. The number of benzene rings is 1. The molecular weight excluding hydrogens is 394 g/mol. The number of carbonyl (C=O) groups excluding carboxylic acids is 1. The van der Waals surface area contributed by atoms with Crippen LogP contribution in [-0.2, 0) is 10.2 Å². The highest BCUT2D eigenvalue weighted by Crippen LogP contribution is 2.46. The maximum absolute atomic E-state index is 12.9. The maximum Gasteiger partial charge on any atom is 0.228 e. The molecule has 2 fully saturated rings. The fourth-order valence-corrected chi connectivity index (χ4v) is 5.56. The van der Waals surface area contributed by atoms with Gasteiger partial charge in [0.05, 0.1) is 5.75 Å². The van der Waals surface area contributed by atoms with Crippen molar-refractivity contribution in [2.75, 3.05) is 35.7 Å². The maximum atomic E-state index is 12.9. The van der Waals surface area contributed by atoms with E-state index in [9.17, 15) is 4.79 Å². The Morgan fingerprint density at radius 1 is 1.20 bits per heavy atom. The van der Waals surface area contributed by atoms with Crippen LogP contribution in [-0.4, -0.2) is 46.4 Å².